The molecule has 0 bridgehead atoms. The normalized spacial score (nSPS) is 15.0. The topological polar surface area (TPSA) is 84.0 Å². The summed E-state index contributed by atoms with van der Waals surface area (Å²) in [4.78, 5) is 32.6. The Morgan fingerprint density at radius 2 is 1.87 bits per heavy atom. The van der Waals surface area contributed by atoms with Crippen molar-refractivity contribution >= 4 is 17.2 Å². The second kappa shape index (κ2) is 7.87. The first-order valence-corrected chi connectivity index (χ1v) is 10.0. The highest BCUT2D eigenvalue weighted by molar-refractivity contribution is 5.98. The number of fused-ring (bicyclic) bond motifs is 1. The number of nitro benzene ring substituents is 1. The zero-order valence-corrected chi connectivity index (χ0v) is 17.5. The van der Waals surface area contributed by atoms with E-state index in [0.717, 1.165) is 23.6 Å². The molecule has 2 aromatic heterocycles. The molecule has 1 fully saturated rings. The van der Waals surface area contributed by atoms with E-state index < -0.39 is 4.92 Å². The summed E-state index contributed by atoms with van der Waals surface area (Å²) in [6, 6.07) is 9.04. The number of piperazine rings is 1. The van der Waals surface area contributed by atoms with E-state index in [-0.39, 0.29) is 17.2 Å². The monoisotopic (exact) mass is 407 g/mol. The average Bonchev–Trinajstić information content (AvgIpc) is 3.01. The molecule has 8 nitrogen and oxygen atoms in total. The molecule has 0 unspecified atom stereocenters. The molecule has 156 valence electrons. The molecule has 0 aliphatic carbocycles. The number of amides is 1. The van der Waals surface area contributed by atoms with Crippen molar-refractivity contribution in [1.29, 1.82) is 0 Å². The number of pyridine rings is 1. The van der Waals surface area contributed by atoms with Crippen LogP contribution in [-0.4, -0.2) is 56.2 Å². The minimum atomic E-state index is -0.464. The van der Waals surface area contributed by atoms with Crippen LogP contribution >= 0.6 is 0 Å². The molecule has 1 aliphatic heterocycles. The van der Waals surface area contributed by atoms with Crippen LogP contribution in [-0.2, 0) is 6.54 Å². The molecule has 3 aromatic rings. The number of benzene rings is 1. The number of carbonyl (C=O) groups excluding carboxylic acids is 1. The SMILES string of the molecule is Cc1ccn2c(CN3CCN(C(=O)c4cccc(C)c4[N+](=O)[O-])CC3)c(C)nc2c1. The lowest BCUT2D eigenvalue weighted by Gasteiger charge is -2.34. The third-order valence-electron chi connectivity index (χ3n) is 5.76. The summed E-state index contributed by atoms with van der Waals surface area (Å²) < 4.78 is 2.12. The number of carbonyl (C=O) groups is 1. The number of aromatic nitrogens is 2. The van der Waals surface area contributed by atoms with Crippen molar-refractivity contribution in [3.05, 3.63) is 74.7 Å². The minimum absolute atomic E-state index is 0.0958. The Bertz CT molecular complexity index is 1130. The quantitative estimate of drug-likeness (QED) is 0.490. The molecule has 4 rings (SSSR count). The molecule has 0 saturated carbocycles. The highest BCUT2D eigenvalue weighted by Gasteiger charge is 2.29. The Hall–Kier alpha value is -3.26. The molecule has 1 amide bonds. The Morgan fingerprint density at radius 1 is 1.13 bits per heavy atom. The Labute approximate surface area is 174 Å². The van der Waals surface area contributed by atoms with E-state index in [4.69, 9.17) is 0 Å². The first-order valence-electron chi connectivity index (χ1n) is 10.0. The smallest absolute Gasteiger partial charge is 0.285 e. The minimum Gasteiger partial charge on any atom is -0.336 e. The van der Waals surface area contributed by atoms with Crippen LogP contribution in [0.25, 0.3) is 5.65 Å². The summed E-state index contributed by atoms with van der Waals surface area (Å²) in [6.07, 6.45) is 2.05. The second-order valence-corrected chi connectivity index (χ2v) is 7.87. The van der Waals surface area contributed by atoms with Crippen molar-refractivity contribution in [2.24, 2.45) is 0 Å². The molecule has 0 atom stereocenters. The van der Waals surface area contributed by atoms with Gasteiger partial charge in [0, 0.05) is 44.5 Å². The van der Waals surface area contributed by atoms with Gasteiger partial charge in [0.1, 0.15) is 11.2 Å². The summed E-state index contributed by atoms with van der Waals surface area (Å²) in [5.41, 5.74) is 4.86. The zero-order chi connectivity index (χ0) is 21.4. The highest BCUT2D eigenvalue weighted by Crippen LogP contribution is 2.25. The third-order valence-corrected chi connectivity index (χ3v) is 5.76. The summed E-state index contributed by atoms with van der Waals surface area (Å²) in [5.74, 6) is -0.272. The van der Waals surface area contributed by atoms with E-state index in [0.29, 0.717) is 31.7 Å². The average molecular weight is 407 g/mol. The third kappa shape index (κ3) is 3.66. The van der Waals surface area contributed by atoms with E-state index >= 15 is 0 Å². The predicted octanol–water partition coefficient (Wildman–Crippen LogP) is 3.13. The lowest BCUT2D eigenvalue weighted by atomic mass is 10.1. The fourth-order valence-corrected chi connectivity index (χ4v) is 4.07. The summed E-state index contributed by atoms with van der Waals surface area (Å²) >= 11 is 0. The fraction of sp³-hybridized carbons (Fsp3) is 0.364. The molecule has 1 aliphatic rings. The van der Waals surface area contributed by atoms with Gasteiger partial charge in [0.05, 0.1) is 16.3 Å². The molecular formula is C22H25N5O3. The maximum Gasteiger partial charge on any atom is 0.285 e. The van der Waals surface area contributed by atoms with E-state index in [2.05, 4.69) is 39.5 Å². The summed E-state index contributed by atoms with van der Waals surface area (Å²) in [5, 5.41) is 11.4. The van der Waals surface area contributed by atoms with Crippen molar-refractivity contribution in [3.8, 4) is 0 Å². The number of para-hydroxylation sites is 1. The Morgan fingerprint density at radius 3 is 2.57 bits per heavy atom. The Balaban J connectivity index is 1.46. The molecule has 30 heavy (non-hydrogen) atoms. The van der Waals surface area contributed by atoms with Crippen molar-refractivity contribution in [2.45, 2.75) is 27.3 Å². The molecule has 0 radical (unpaired) electrons. The largest absolute Gasteiger partial charge is 0.336 e. The molecular weight excluding hydrogens is 382 g/mol. The van der Waals surface area contributed by atoms with Crippen LogP contribution in [0, 0.1) is 30.9 Å². The number of hydrogen-bond donors (Lipinski definition) is 0. The van der Waals surface area contributed by atoms with Gasteiger partial charge in [-0.1, -0.05) is 12.1 Å². The zero-order valence-electron chi connectivity index (χ0n) is 17.5. The lowest BCUT2D eigenvalue weighted by molar-refractivity contribution is -0.385. The van der Waals surface area contributed by atoms with Crippen LogP contribution in [0.15, 0.2) is 36.5 Å². The van der Waals surface area contributed by atoms with Gasteiger partial charge in [-0.2, -0.15) is 0 Å². The fourth-order valence-electron chi connectivity index (χ4n) is 4.07. The molecule has 8 heteroatoms. The lowest BCUT2D eigenvalue weighted by Crippen LogP contribution is -2.48. The predicted molar refractivity (Wildman–Crippen MR) is 114 cm³/mol. The van der Waals surface area contributed by atoms with Crippen LogP contribution < -0.4 is 0 Å². The van der Waals surface area contributed by atoms with Gasteiger partial charge in [-0.25, -0.2) is 4.98 Å². The van der Waals surface area contributed by atoms with E-state index in [1.807, 2.05) is 6.92 Å². The summed E-state index contributed by atoms with van der Waals surface area (Å²) in [6.45, 7) is 8.99. The number of nitro groups is 1. The molecule has 1 aromatic carbocycles. The first kappa shape index (κ1) is 20.0. The number of aryl methyl sites for hydroxylation is 3. The maximum absolute atomic E-state index is 13.0. The van der Waals surface area contributed by atoms with Gasteiger partial charge in [0.15, 0.2) is 0 Å². The van der Waals surface area contributed by atoms with Crippen molar-refractivity contribution in [1.82, 2.24) is 19.2 Å². The number of rotatable bonds is 4. The van der Waals surface area contributed by atoms with Gasteiger partial charge < -0.3 is 9.30 Å². The van der Waals surface area contributed by atoms with Crippen molar-refractivity contribution in [3.63, 3.8) is 0 Å². The first-order chi connectivity index (χ1) is 14.3. The number of imidazole rings is 1. The Kier molecular flexibility index (Phi) is 5.26. The van der Waals surface area contributed by atoms with Gasteiger partial charge in [0.2, 0.25) is 0 Å². The van der Waals surface area contributed by atoms with E-state index in [1.54, 1.807) is 30.0 Å². The van der Waals surface area contributed by atoms with Crippen LogP contribution in [0.4, 0.5) is 5.69 Å². The van der Waals surface area contributed by atoms with Crippen molar-refractivity contribution < 1.29 is 9.72 Å². The number of hydrogen-bond acceptors (Lipinski definition) is 5. The van der Waals surface area contributed by atoms with E-state index in [1.165, 1.54) is 5.56 Å². The van der Waals surface area contributed by atoms with Gasteiger partial charge in [-0.15, -0.1) is 0 Å². The van der Waals surface area contributed by atoms with Crippen LogP contribution in [0.2, 0.25) is 0 Å². The number of nitrogens with zero attached hydrogens (tertiary/aromatic N) is 5. The second-order valence-electron chi connectivity index (χ2n) is 7.87. The molecule has 1 saturated heterocycles. The van der Waals surface area contributed by atoms with Crippen molar-refractivity contribution in [2.75, 3.05) is 26.2 Å². The molecule has 0 N–H and O–H groups in total. The van der Waals surface area contributed by atoms with Gasteiger partial charge in [0.25, 0.3) is 11.6 Å². The van der Waals surface area contributed by atoms with Gasteiger partial charge in [-0.05, 0) is 44.5 Å². The molecule has 3 heterocycles. The van der Waals surface area contributed by atoms with Crippen LogP contribution in [0.3, 0.4) is 0 Å². The van der Waals surface area contributed by atoms with Crippen LogP contribution in [0.5, 0.6) is 0 Å². The van der Waals surface area contributed by atoms with Gasteiger partial charge >= 0.3 is 0 Å². The maximum atomic E-state index is 13.0. The summed E-state index contributed by atoms with van der Waals surface area (Å²) in [7, 11) is 0. The molecule has 0 spiro atoms. The van der Waals surface area contributed by atoms with E-state index in [9.17, 15) is 14.9 Å². The van der Waals surface area contributed by atoms with Crippen LogP contribution in [0.1, 0.15) is 32.9 Å². The highest BCUT2D eigenvalue weighted by atomic mass is 16.6. The van der Waals surface area contributed by atoms with Gasteiger partial charge in [-0.3, -0.25) is 19.8 Å². The standard InChI is InChI=1S/C22H25N5O3/c1-15-7-8-26-19(17(3)23-20(26)13-15)14-24-9-11-25(12-10-24)22(28)18-6-4-5-16(2)21(18)27(29)30/h4-8,13H,9-12,14H2,1-3H3.